The lowest BCUT2D eigenvalue weighted by Gasteiger charge is -2.50. The Morgan fingerprint density at radius 1 is 0.684 bits per heavy atom. The first-order valence-corrected chi connectivity index (χ1v) is 7.29. The molecule has 0 aliphatic heterocycles. The maximum absolute atomic E-state index is 11.6. The highest BCUT2D eigenvalue weighted by atomic mass is 16.1. The molecule has 2 nitrogen and oxygen atoms in total. The van der Waals surface area contributed by atoms with Gasteiger partial charge < -0.3 is 4.90 Å². The predicted octanol–water partition coefficient (Wildman–Crippen LogP) is 4.79. The monoisotopic (exact) mass is 268 g/mol. The molecular weight excluding hydrogens is 234 g/mol. The normalized spacial score (nSPS) is 14.4. The summed E-state index contributed by atoms with van der Waals surface area (Å²) in [4.78, 5) is 13.5. The number of hydrogen-bond donors (Lipinski definition) is 0. The standard InChI is InChI=1S/C17H34NO/c1-14(2,3)11-16(7,8)18(13-19)17(9,10)12-15(4,5)6/h11-12H2,1-10H3. The number of carbonyl (C=O) groups excluding carboxylic acids is 1. The summed E-state index contributed by atoms with van der Waals surface area (Å²) >= 11 is 0. The minimum Gasteiger partial charge on any atom is -0.324 e. The summed E-state index contributed by atoms with van der Waals surface area (Å²) in [5.74, 6) is 0. The molecule has 0 rings (SSSR count). The molecule has 0 aliphatic carbocycles. The van der Waals surface area contributed by atoms with E-state index in [1.165, 1.54) is 0 Å². The van der Waals surface area contributed by atoms with Gasteiger partial charge in [0.15, 0.2) is 0 Å². The molecule has 113 valence electrons. The quantitative estimate of drug-likeness (QED) is 0.657. The number of rotatable bonds is 5. The van der Waals surface area contributed by atoms with Crippen molar-refractivity contribution in [2.24, 2.45) is 10.8 Å². The van der Waals surface area contributed by atoms with Gasteiger partial charge in [0, 0.05) is 11.1 Å². The Morgan fingerprint density at radius 3 is 1.11 bits per heavy atom. The van der Waals surface area contributed by atoms with Crippen LogP contribution in [0.1, 0.15) is 82.1 Å². The topological polar surface area (TPSA) is 20.3 Å². The van der Waals surface area contributed by atoms with E-state index < -0.39 is 0 Å². The molecule has 0 N–H and O–H groups in total. The van der Waals surface area contributed by atoms with Crippen molar-refractivity contribution in [1.29, 1.82) is 0 Å². The van der Waals surface area contributed by atoms with Gasteiger partial charge in [-0.1, -0.05) is 41.5 Å². The minimum absolute atomic E-state index is 0.186. The maximum atomic E-state index is 11.6. The first-order chi connectivity index (χ1) is 8.11. The van der Waals surface area contributed by atoms with Gasteiger partial charge >= 0.3 is 6.41 Å². The van der Waals surface area contributed by atoms with Gasteiger partial charge in [0.25, 0.3) is 0 Å². The van der Waals surface area contributed by atoms with Crippen LogP contribution in [0.5, 0.6) is 0 Å². The summed E-state index contributed by atoms with van der Waals surface area (Å²) in [5.41, 5.74) is 0.0102. The van der Waals surface area contributed by atoms with E-state index in [0.29, 0.717) is 0 Å². The first-order valence-electron chi connectivity index (χ1n) is 7.29. The molecule has 0 aromatic carbocycles. The molecule has 2 heteroatoms. The smallest absolute Gasteiger partial charge is 0.313 e. The van der Waals surface area contributed by atoms with E-state index in [-0.39, 0.29) is 21.9 Å². The summed E-state index contributed by atoms with van der Waals surface area (Å²) < 4.78 is 0. The van der Waals surface area contributed by atoms with Crippen molar-refractivity contribution in [3.05, 3.63) is 0 Å². The molecule has 0 spiro atoms. The summed E-state index contributed by atoms with van der Waals surface area (Å²) in [7, 11) is 0. The molecule has 0 aliphatic rings. The minimum atomic E-state index is -0.186. The van der Waals surface area contributed by atoms with E-state index in [0.717, 1.165) is 12.8 Å². The Kier molecular flexibility index (Phi) is 5.30. The third kappa shape index (κ3) is 6.44. The summed E-state index contributed by atoms with van der Waals surface area (Å²) in [6.45, 7) is 21.9. The summed E-state index contributed by atoms with van der Waals surface area (Å²) in [5, 5.41) is 0. The van der Waals surface area contributed by atoms with Gasteiger partial charge in [-0.3, -0.25) is 4.79 Å². The van der Waals surface area contributed by atoms with Gasteiger partial charge in [0.1, 0.15) is 0 Å². The fraction of sp³-hybridized carbons (Fsp3) is 0.941. The maximum Gasteiger partial charge on any atom is 0.313 e. The highest BCUT2D eigenvalue weighted by Gasteiger charge is 2.41. The first kappa shape index (κ1) is 18.5. The molecule has 0 heterocycles. The highest BCUT2D eigenvalue weighted by Crippen LogP contribution is 2.38. The molecule has 0 unspecified atom stereocenters. The lowest BCUT2D eigenvalue weighted by Crippen LogP contribution is -2.57. The Balaban J connectivity index is 5.24. The predicted molar refractivity (Wildman–Crippen MR) is 83.8 cm³/mol. The second kappa shape index (κ2) is 5.46. The van der Waals surface area contributed by atoms with Crippen LogP contribution in [-0.4, -0.2) is 22.4 Å². The van der Waals surface area contributed by atoms with E-state index in [9.17, 15) is 4.79 Å². The van der Waals surface area contributed by atoms with Crippen LogP contribution in [0, 0.1) is 10.8 Å². The van der Waals surface area contributed by atoms with Crippen molar-refractivity contribution >= 4 is 6.41 Å². The molecule has 0 fully saturated rings. The van der Waals surface area contributed by atoms with Gasteiger partial charge in [-0.25, -0.2) is 0 Å². The van der Waals surface area contributed by atoms with E-state index in [1.807, 2.05) is 4.90 Å². The average Bonchev–Trinajstić information content (AvgIpc) is 1.91. The zero-order chi connectivity index (χ0) is 15.7. The fourth-order valence-corrected chi connectivity index (χ4v) is 3.82. The summed E-state index contributed by atoms with van der Waals surface area (Å²) in [6, 6.07) is 0. The fourth-order valence-electron chi connectivity index (χ4n) is 3.82. The van der Waals surface area contributed by atoms with Gasteiger partial charge in [0.05, 0.1) is 0 Å². The van der Waals surface area contributed by atoms with Gasteiger partial charge in [0.2, 0.25) is 0 Å². The van der Waals surface area contributed by atoms with Crippen molar-refractivity contribution in [2.75, 3.05) is 0 Å². The van der Waals surface area contributed by atoms with Crippen LogP contribution < -0.4 is 0 Å². The number of amides is 1. The Hall–Kier alpha value is -0.530. The molecule has 0 aromatic heterocycles. The van der Waals surface area contributed by atoms with Crippen LogP contribution in [0.25, 0.3) is 0 Å². The lowest BCUT2D eigenvalue weighted by molar-refractivity contribution is 0.0347. The Labute approximate surface area is 120 Å². The van der Waals surface area contributed by atoms with Gasteiger partial charge in [-0.05, 0) is 51.4 Å². The molecule has 1 amide bonds. The van der Waals surface area contributed by atoms with E-state index in [2.05, 4.69) is 75.6 Å². The van der Waals surface area contributed by atoms with Crippen LogP contribution in [0.2, 0.25) is 0 Å². The molecule has 0 saturated heterocycles. The van der Waals surface area contributed by atoms with Crippen molar-refractivity contribution in [2.45, 2.75) is 93.2 Å². The van der Waals surface area contributed by atoms with Crippen molar-refractivity contribution < 1.29 is 4.79 Å². The summed E-state index contributed by atoms with van der Waals surface area (Å²) in [6.07, 6.45) is 4.13. The third-order valence-corrected chi connectivity index (χ3v) is 3.23. The van der Waals surface area contributed by atoms with Crippen molar-refractivity contribution in [3.63, 3.8) is 0 Å². The van der Waals surface area contributed by atoms with Gasteiger partial charge in [-0.2, -0.15) is 0 Å². The van der Waals surface area contributed by atoms with Crippen LogP contribution in [0.4, 0.5) is 0 Å². The van der Waals surface area contributed by atoms with E-state index in [1.54, 1.807) is 0 Å². The second-order valence-corrected chi connectivity index (χ2v) is 9.53. The average molecular weight is 268 g/mol. The molecule has 19 heavy (non-hydrogen) atoms. The molecule has 1 radical (unpaired) electrons. The molecule has 0 atom stereocenters. The zero-order valence-electron chi connectivity index (χ0n) is 14.8. The lowest BCUT2D eigenvalue weighted by atomic mass is 9.75. The van der Waals surface area contributed by atoms with Crippen molar-refractivity contribution in [1.82, 2.24) is 4.90 Å². The van der Waals surface area contributed by atoms with E-state index in [4.69, 9.17) is 0 Å². The highest BCUT2D eigenvalue weighted by molar-refractivity contribution is 5.51. The SMILES string of the molecule is CC(C)(C)CC(C)(C)N([C]=O)C(C)(C)CC(C)(C)C. The van der Waals surface area contributed by atoms with Crippen LogP contribution in [-0.2, 0) is 4.79 Å². The Bertz CT molecular complexity index is 274. The molecular formula is C17H34NO. The molecule has 0 bridgehead atoms. The Morgan fingerprint density at radius 2 is 0.947 bits per heavy atom. The van der Waals surface area contributed by atoms with Crippen LogP contribution >= 0.6 is 0 Å². The number of hydrogen-bond acceptors (Lipinski definition) is 1. The largest absolute Gasteiger partial charge is 0.324 e. The van der Waals surface area contributed by atoms with Crippen LogP contribution in [0.3, 0.4) is 0 Å². The third-order valence-electron chi connectivity index (χ3n) is 3.23. The van der Waals surface area contributed by atoms with Gasteiger partial charge in [-0.15, -0.1) is 0 Å². The molecule has 0 saturated carbocycles. The van der Waals surface area contributed by atoms with Crippen LogP contribution in [0.15, 0.2) is 0 Å². The second-order valence-electron chi connectivity index (χ2n) is 9.53. The van der Waals surface area contributed by atoms with Crippen molar-refractivity contribution in [3.8, 4) is 0 Å². The van der Waals surface area contributed by atoms with E-state index >= 15 is 0 Å². The molecule has 0 aromatic rings. The number of nitrogens with zero attached hydrogens (tertiary/aromatic N) is 1. The zero-order valence-corrected chi connectivity index (χ0v) is 14.8.